The zero-order valence-corrected chi connectivity index (χ0v) is 13.2. The van der Waals surface area contributed by atoms with E-state index in [0.29, 0.717) is 19.6 Å². The molecular formula is C15H23N3O2S. The standard InChI is InChI=1S/C15H23N3O2S/c1-12-9-14-6-2-3-7-15(14)18(12)21(19,20)17-8-4-5-13(10-16)11-17/h2-3,6-7,12-13H,4-5,8-11,16H2,1H3. The molecule has 0 radical (unpaired) electrons. The fourth-order valence-corrected chi connectivity index (χ4v) is 5.41. The van der Waals surface area contributed by atoms with E-state index in [1.165, 1.54) is 0 Å². The van der Waals surface area contributed by atoms with E-state index >= 15 is 0 Å². The van der Waals surface area contributed by atoms with Crippen LogP contribution in [-0.2, 0) is 16.6 Å². The molecule has 3 rings (SSSR count). The molecular weight excluding hydrogens is 286 g/mol. The Morgan fingerprint density at radius 3 is 2.86 bits per heavy atom. The first kappa shape index (κ1) is 14.8. The lowest BCUT2D eigenvalue weighted by atomic mass is 10.0. The van der Waals surface area contributed by atoms with E-state index in [4.69, 9.17) is 5.73 Å². The molecule has 0 saturated carbocycles. The van der Waals surface area contributed by atoms with Crippen molar-refractivity contribution in [2.24, 2.45) is 11.7 Å². The third-order valence-corrected chi connectivity index (χ3v) is 6.57. The lowest BCUT2D eigenvalue weighted by Gasteiger charge is -2.36. The largest absolute Gasteiger partial charge is 0.330 e. The van der Waals surface area contributed by atoms with Gasteiger partial charge < -0.3 is 5.73 Å². The van der Waals surface area contributed by atoms with Crippen LogP contribution >= 0.6 is 0 Å². The van der Waals surface area contributed by atoms with Crippen molar-refractivity contribution in [1.29, 1.82) is 0 Å². The van der Waals surface area contributed by atoms with Gasteiger partial charge in [0.15, 0.2) is 0 Å². The van der Waals surface area contributed by atoms with Gasteiger partial charge in [-0.25, -0.2) is 0 Å². The van der Waals surface area contributed by atoms with E-state index in [1.54, 1.807) is 8.61 Å². The van der Waals surface area contributed by atoms with Crippen LogP contribution < -0.4 is 10.0 Å². The molecule has 1 fully saturated rings. The first-order valence-electron chi connectivity index (χ1n) is 7.61. The summed E-state index contributed by atoms with van der Waals surface area (Å²) in [5.74, 6) is 0.279. The molecule has 2 aliphatic heterocycles. The highest BCUT2D eigenvalue weighted by Crippen LogP contribution is 2.36. The number of hydrogen-bond acceptors (Lipinski definition) is 3. The molecule has 0 aromatic heterocycles. The van der Waals surface area contributed by atoms with E-state index in [1.807, 2.05) is 31.2 Å². The molecule has 6 heteroatoms. The monoisotopic (exact) mass is 309 g/mol. The molecule has 2 unspecified atom stereocenters. The van der Waals surface area contributed by atoms with Crippen molar-refractivity contribution in [3.63, 3.8) is 0 Å². The van der Waals surface area contributed by atoms with E-state index in [2.05, 4.69) is 0 Å². The second-order valence-corrected chi connectivity index (χ2v) is 7.89. The molecule has 116 valence electrons. The maximum Gasteiger partial charge on any atom is 0.304 e. The van der Waals surface area contributed by atoms with Crippen molar-refractivity contribution in [3.05, 3.63) is 29.8 Å². The third-order valence-electron chi connectivity index (χ3n) is 4.53. The number of hydrogen-bond donors (Lipinski definition) is 1. The van der Waals surface area contributed by atoms with Crippen molar-refractivity contribution in [2.75, 3.05) is 23.9 Å². The summed E-state index contributed by atoms with van der Waals surface area (Å²) < 4.78 is 29.3. The van der Waals surface area contributed by atoms with E-state index in [0.717, 1.165) is 30.5 Å². The molecule has 5 nitrogen and oxygen atoms in total. The quantitative estimate of drug-likeness (QED) is 0.916. The fourth-order valence-electron chi connectivity index (χ4n) is 3.44. The summed E-state index contributed by atoms with van der Waals surface area (Å²) in [6.45, 7) is 3.68. The van der Waals surface area contributed by atoms with Crippen LogP contribution in [0.1, 0.15) is 25.3 Å². The Hall–Kier alpha value is -1.11. The number of fused-ring (bicyclic) bond motifs is 1. The van der Waals surface area contributed by atoms with Gasteiger partial charge in [-0.05, 0) is 50.3 Å². The molecule has 1 aromatic rings. The summed E-state index contributed by atoms with van der Waals surface area (Å²) in [6, 6.07) is 7.76. The highest BCUT2D eigenvalue weighted by atomic mass is 32.2. The van der Waals surface area contributed by atoms with Crippen molar-refractivity contribution < 1.29 is 8.42 Å². The Morgan fingerprint density at radius 1 is 1.33 bits per heavy atom. The van der Waals surface area contributed by atoms with Gasteiger partial charge in [-0.15, -0.1) is 0 Å². The molecule has 1 saturated heterocycles. The number of para-hydroxylation sites is 1. The van der Waals surface area contributed by atoms with E-state index in [-0.39, 0.29) is 12.0 Å². The van der Waals surface area contributed by atoms with Gasteiger partial charge in [-0.3, -0.25) is 4.31 Å². The highest BCUT2D eigenvalue weighted by Gasteiger charge is 2.39. The minimum Gasteiger partial charge on any atom is -0.330 e. The molecule has 2 atom stereocenters. The van der Waals surface area contributed by atoms with Crippen LogP contribution in [0.25, 0.3) is 0 Å². The Balaban J connectivity index is 1.91. The van der Waals surface area contributed by atoms with Gasteiger partial charge in [0.25, 0.3) is 0 Å². The van der Waals surface area contributed by atoms with Gasteiger partial charge in [0.2, 0.25) is 0 Å². The number of rotatable bonds is 3. The maximum atomic E-state index is 13.0. The van der Waals surface area contributed by atoms with Crippen LogP contribution in [0.2, 0.25) is 0 Å². The van der Waals surface area contributed by atoms with Gasteiger partial charge in [0.1, 0.15) is 0 Å². The van der Waals surface area contributed by atoms with Crippen LogP contribution in [0.4, 0.5) is 5.69 Å². The van der Waals surface area contributed by atoms with Crippen molar-refractivity contribution in [1.82, 2.24) is 4.31 Å². The van der Waals surface area contributed by atoms with Crippen LogP contribution in [0.15, 0.2) is 24.3 Å². The molecule has 2 N–H and O–H groups in total. The van der Waals surface area contributed by atoms with Crippen LogP contribution in [0.3, 0.4) is 0 Å². The second kappa shape index (κ2) is 5.59. The van der Waals surface area contributed by atoms with E-state index < -0.39 is 10.2 Å². The Morgan fingerprint density at radius 2 is 2.10 bits per heavy atom. The first-order valence-corrected chi connectivity index (χ1v) is 9.01. The third kappa shape index (κ3) is 2.56. The molecule has 1 aromatic carbocycles. The van der Waals surface area contributed by atoms with Gasteiger partial charge in [-0.1, -0.05) is 18.2 Å². The lowest BCUT2D eigenvalue weighted by Crippen LogP contribution is -2.50. The van der Waals surface area contributed by atoms with E-state index in [9.17, 15) is 8.42 Å². The zero-order valence-electron chi connectivity index (χ0n) is 12.4. The van der Waals surface area contributed by atoms with Crippen LogP contribution in [0.5, 0.6) is 0 Å². The maximum absolute atomic E-state index is 13.0. The molecule has 0 bridgehead atoms. The summed E-state index contributed by atoms with van der Waals surface area (Å²) in [7, 11) is -3.46. The number of nitrogens with two attached hydrogens (primary N) is 1. The van der Waals surface area contributed by atoms with Crippen molar-refractivity contribution >= 4 is 15.9 Å². The number of piperidine rings is 1. The normalized spacial score (nSPS) is 26.9. The highest BCUT2D eigenvalue weighted by molar-refractivity contribution is 7.90. The van der Waals surface area contributed by atoms with Crippen LogP contribution in [-0.4, -0.2) is 38.4 Å². The lowest BCUT2D eigenvalue weighted by molar-refractivity contribution is 0.270. The number of nitrogens with zero attached hydrogens (tertiary/aromatic N) is 2. The van der Waals surface area contributed by atoms with Gasteiger partial charge in [0.05, 0.1) is 5.69 Å². The predicted octanol–water partition coefficient (Wildman–Crippen LogP) is 1.35. The summed E-state index contributed by atoms with van der Waals surface area (Å²) in [5, 5.41) is 0. The molecule has 0 spiro atoms. The topological polar surface area (TPSA) is 66.6 Å². The minimum absolute atomic E-state index is 0.0225. The molecule has 2 heterocycles. The van der Waals surface area contributed by atoms with Gasteiger partial charge >= 0.3 is 10.2 Å². The zero-order chi connectivity index (χ0) is 15.0. The SMILES string of the molecule is CC1Cc2ccccc2N1S(=O)(=O)N1CCCC(CN)C1. The molecule has 0 amide bonds. The summed E-state index contributed by atoms with van der Waals surface area (Å²) in [4.78, 5) is 0. The first-order chi connectivity index (χ1) is 10.0. The Labute approximate surface area is 126 Å². The minimum atomic E-state index is -3.46. The number of benzene rings is 1. The van der Waals surface area contributed by atoms with Crippen LogP contribution in [0, 0.1) is 5.92 Å². The molecule has 0 aliphatic carbocycles. The fraction of sp³-hybridized carbons (Fsp3) is 0.600. The summed E-state index contributed by atoms with van der Waals surface area (Å²) in [6.07, 6.45) is 2.70. The Bertz CT molecular complexity index is 617. The summed E-state index contributed by atoms with van der Waals surface area (Å²) in [5.41, 5.74) is 7.68. The smallest absolute Gasteiger partial charge is 0.304 e. The number of anilines is 1. The van der Waals surface area contributed by atoms with Crippen molar-refractivity contribution in [2.45, 2.75) is 32.2 Å². The summed E-state index contributed by atoms with van der Waals surface area (Å²) >= 11 is 0. The second-order valence-electron chi connectivity index (χ2n) is 6.09. The van der Waals surface area contributed by atoms with Gasteiger partial charge in [-0.2, -0.15) is 12.7 Å². The predicted molar refractivity (Wildman–Crippen MR) is 84.4 cm³/mol. The average Bonchev–Trinajstić information content (AvgIpc) is 2.83. The molecule has 2 aliphatic rings. The molecule has 21 heavy (non-hydrogen) atoms. The average molecular weight is 309 g/mol. The van der Waals surface area contributed by atoms with Crippen molar-refractivity contribution in [3.8, 4) is 0 Å². The Kier molecular flexibility index (Phi) is 3.94. The van der Waals surface area contributed by atoms with Gasteiger partial charge in [0, 0.05) is 19.1 Å².